The minimum absolute atomic E-state index is 0.0349. The molecule has 0 unspecified atom stereocenters. The molecule has 0 aliphatic heterocycles. The Morgan fingerprint density at radius 3 is 2.58 bits per heavy atom. The Hall–Kier alpha value is -1.77. The van der Waals surface area contributed by atoms with Crippen molar-refractivity contribution in [3.05, 3.63) is 35.9 Å². The van der Waals surface area contributed by atoms with Crippen molar-refractivity contribution in [3.8, 4) is 5.75 Å². The second-order valence-corrected chi connectivity index (χ2v) is 4.46. The van der Waals surface area contributed by atoms with E-state index in [2.05, 4.69) is 12.2 Å². The Labute approximate surface area is 115 Å². The quantitative estimate of drug-likeness (QED) is 0.575. The molecule has 0 spiro atoms. The van der Waals surface area contributed by atoms with E-state index in [0.717, 1.165) is 24.3 Å². The van der Waals surface area contributed by atoms with Crippen LogP contribution in [-0.4, -0.2) is 19.6 Å². The fourth-order valence-corrected chi connectivity index (χ4v) is 1.71. The zero-order valence-electron chi connectivity index (χ0n) is 11.8. The molecular formula is C16H23NO2. The van der Waals surface area contributed by atoms with Crippen LogP contribution in [-0.2, 0) is 4.79 Å². The van der Waals surface area contributed by atoms with E-state index in [1.807, 2.05) is 24.3 Å². The summed E-state index contributed by atoms with van der Waals surface area (Å²) in [5.74, 6) is 0.782. The molecule has 0 atom stereocenters. The van der Waals surface area contributed by atoms with Crippen molar-refractivity contribution in [1.82, 2.24) is 5.32 Å². The fraction of sp³-hybridized carbons (Fsp3) is 0.438. The van der Waals surface area contributed by atoms with Gasteiger partial charge in [-0.2, -0.15) is 0 Å². The van der Waals surface area contributed by atoms with E-state index in [9.17, 15) is 4.79 Å². The topological polar surface area (TPSA) is 38.3 Å². The van der Waals surface area contributed by atoms with Gasteiger partial charge >= 0.3 is 0 Å². The van der Waals surface area contributed by atoms with Gasteiger partial charge in [-0.05, 0) is 30.2 Å². The standard InChI is InChI=1S/C16H23NO2/c1-3-4-5-6-13-17-16(18)12-9-14-7-10-15(19-2)11-8-14/h7-12H,3-6,13H2,1-2H3,(H,17,18). The summed E-state index contributed by atoms with van der Waals surface area (Å²) in [5, 5.41) is 2.88. The Morgan fingerprint density at radius 1 is 1.21 bits per heavy atom. The molecule has 1 rings (SSSR count). The summed E-state index contributed by atoms with van der Waals surface area (Å²) in [6.07, 6.45) is 8.06. The Balaban J connectivity index is 2.28. The van der Waals surface area contributed by atoms with E-state index in [1.54, 1.807) is 19.3 Å². The summed E-state index contributed by atoms with van der Waals surface area (Å²) < 4.78 is 5.08. The van der Waals surface area contributed by atoms with Gasteiger partial charge in [0, 0.05) is 12.6 Å². The highest BCUT2D eigenvalue weighted by Crippen LogP contribution is 2.12. The number of unbranched alkanes of at least 4 members (excludes halogenated alkanes) is 3. The molecule has 0 aliphatic rings. The van der Waals surface area contributed by atoms with E-state index in [1.165, 1.54) is 19.3 Å². The predicted molar refractivity (Wildman–Crippen MR) is 79.2 cm³/mol. The Morgan fingerprint density at radius 2 is 1.95 bits per heavy atom. The average Bonchev–Trinajstić information content (AvgIpc) is 2.45. The fourth-order valence-electron chi connectivity index (χ4n) is 1.71. The van der Waals surface area contributed by atoms with Gasteiger partial charge in [-0.15, -0.1) is 0 Å². The summed E-state index contributed by atoms with van der Waals surface area (Å²) in [4.78, 5) is 11.5. The van der Waals surface area contributed by atoms with Gasteiger partial charge in [-0.3, -0.25) is 4.79 Å². The zero-order chi connectivity index (χ0) is 13.9. The molecule has 0 saturated carbocycles. The lowest BCUT2D eigenvalue weighted by molar-refractivity contribution is -0.116. The van der Waals surface area contributed by atoms with Gasteiger partial charge in [-0.25, -0.2) is 0 Å². The molecule has 3 heteroatoms. The molecule has 0 radical (unpaired) electrons. The van der Waals surface area contributed by atoms with Crippen LogP contribution in [0.15, 0.2) is 30.3 Å². The highest BCUT2D eigenvalue weighted by atomic mass is 16.5. The molecule has 0 bridgehead atoms. The van der Waals surface area contributed by atoms with Crippen molar-refractivity contribution in [2.75, 3.05) is 13.7 Å². The maximum Gasteiger partial charge on any atom is 0.243 e. The van der Waals surface area contributed by atoms with Crippen molar-refractivity contribution in [1.29, 1.82) is 0 Å². The number of methoxy groups -OCH3 is 1. The molecule has 1 aromatic rings. The van der Waals surface area contributed by atoms with Crippen molar-refractivity contribution in [2.24, 2.45) is 0 Å². The number of nitrogens with one attached hydrogen (secondary N) is 1. The molecule has 0 fully saturated rings. The molecule has 0 aliphatic carbocycles. The second kappa shape index (κ2) is 9.20. The van der Waals surface area contributed by atoms with Crippen molar-refractivity contribution >= 4 is 12.0 Å². The van der Waals surface area contributed by atoms with Crippen molar-refractivity contribution in [2.45, 2.75) is 32.6 Å². The van der Waals surface area contributed by atoms with E-state index in [0.29, 0.717) is 0 Å². The molecule has 1 aromatic carbocycles. The number of ether oxygens (including phenoxy) is 1. The lowest BCUT2D eigenvalue weighted by Crippen LogP contribution is -2.21. The highest BCUT2D eigenvalue weighted by molar-refractivity contribution is 5.91. The third-order valence-corrected chi connectivity index (χ3v) is 2.87. The third kappa shape index (κ3) is 6.65. The first-order chi connectivity index (χ1) is 9.26. The molecule has 104 valence electrons. The minimum Gasteiger partial charge on any atom is -0.497 e. The largest absolute Gasteiger partial charge is 0.497 e. The minimum atomic E-state index is -0.0349. The second-order valence-electron chi connectivity index (χ2n) is 4.46. The first kappa shape index (κ1) is 15.3. The van der Waals surface area contributed by atoms with Crippen LogP contribution in [0.1, 0.15) is 38.2 Å². The number of hydrogen-bond acceptors (Lipinski definition) is 2. The molecule has 1 amide bonds. The SMILES string of the molecule is CCCCCCNC(=O)C=Cc1ccc(OC)cc1. The smallest absolute Gasteiger partial charge is 0.243 e. The summed E-state index contributed by atoms with van der Waals surface area (Å²) >= 11 is 0. The lowest BCUT2D eigenvalue weighted by Gasteiger charge is -2.01. The third-order valence-electron chi connectivity index (χ3n) is 2.87. The van der Waals surface area contributed by atoms with E-state index >= 15 is 0 Å². The van der Waals surface area contributed by atoms with Gasteiger partial charge in [0.05, 0.1) is 7.11 Å². The van der Waals surface area contributed by atoms with Crippen LogP contribution in [0.4, 0.5) is 0 Å². The van der Waals surface area contributed by atoms with Crippen LogP contribution in [0.5, 0.6) is 5.75 Å². The van der Waals surface area contributed by atoms with Crippen LogP contribution in [0.3, 0.4) is 0 Å². The van der Waals surface area contributed by atoms with Gasteiger partial charge in [0.1, 0.15) is 5.75 Å². The van der Waals surface area contributed by atoms with Crippen LogP contribution in [0, 0.1) is 0 Å². The monoisotopic (exact) mass is 261 g/mol. The molecule has 0 aromatic heterocycles. The van der Waals surface area contributed by atoms with Crippen LogP contribution in [0.25, 0.3) is 6.08 Å². The summed E-state index contributed by atoms with van der Waals surface area (Å²) in [6, 6.07) is 7.60. The number of benzene rings is 1. The lowest BCUT2D eigenvalue weighted by atomic mass is 10.2. The maximum atomic E-state index is 11.5. The number of hydrogen-bond donors (Lipinski definition) is 1. The summed E-state index contributed by atoms with van der Waals surface area (Å²) in [7, 11) is 1.64. The Kier molecular flexibility index (Phi) is 7.40. The maximum absolute atomic E-state index is 11.5. The van der Waals surface area contributed by atoms with Gasteiger partial charge in [0.2, 0.25) is 5.91 Å². The molecular weight excluding hydrogens is 238 g/mol. The average molecular weight is 261 g/mol. The number of carbonyl (C=O) groups excluding carboxylic acids is 1. The summed E-state index contributed by atoms with van der Waals surface area (Å²) in [6.45, 7) is 2.93. The molecule has 0 heterocycles. The van der Waals surface area contributed by atoms with Crippen LogP contribution in [0.2, 0.25) is 0 Å². The number of rotatable bonds is 8. The normalized spacial score (nSPS) is 10.6. The van der Waals surface area contributed by atoms with Gasteiger partial charge < -0.3 is 10.1 Å². The zero-order valence-corrected chi connectivity index (χ0v) is 11.8. The molecule has 0 saturated heterocycles. The Bertz CT molecular complexity index is 396. The van der Waals surface area contributed by atoms with Gasteiger partial charge in [0.25, 0.3) is 0 Å². The van der Waals surface area contributed by atoms with Gasteiger partial charge in [-0.1, -0.05) is 38.3 Å². The summed E-state index contributed by atoms with van der Waals surface area (Å²) in [5.41, 5.74) is 0.988. The van der Waals surface area contributed by atoms with E-state index in [-0.39, 0.29) is 5.91 Å². The molecule has 3 nitrogen and oxygen atoms in total. The first-order valence-electron chi connectivity index (χ1n) is 6.86. The molecule has 19 heavy (non-hydrogen) atoms. The van der Waals surface area contributed by atoms with Crippen LogP contribution >= 0.6 is 0 Å². The van der Waals surface area contributed by atoms with E-state index in [4.69, 9.17) is 4.74 Å². The van der Waals surface area contributed by atoms with Crippen molar-refractivity contribution in [3.63, 3.8) is 0 Å². The highest BCUT2D eigenvalue weighted by Gasteiger charge is 1.95. The van der Waals surface area contributed by atoms with Crippen LogP contribution < -0.4 is 10.1 Å². The molecule has 1 N–H and O–H groups in total. The first-order valence-corrected chi connectivity index (χ1v) is 6.86. The van der Waals surface area contributed by atoms with Crippen molar-refractivity contribution < 1.29 is 9.53 Å². The van der Waals surface area contributed by atoms with E-state index < -0.39 is 0 Å². The number of carbonyl (C=O) groups is 1. The van der Waals surface area contributed by atoms with Gasteiger partial charge in [0.15, 0.2) is 0 Å². The predicted octanol–water partition coefficient (Wildman–Crippen LogP) is 3.40. The number of amides is 1.